The lowest BCUT2D eigenvalue weighted by Gasteiger charge is -2.09. The number of ether oxygens (including phenoxy) is 1. The van der Waals surface area contributed by atoms with Gasteiger partial charge < -0.3 is 10.5 Å². The fourth-order valence-electron chi connectivity index (χ4n) is 1.52. The first kappa shape index (κ1) is 16.2. The lowest BCUT2D eigenvalue weighted by molar-refractivity contribution is 0.127. The second-order valence-corrected chi connectivity index (χ2v) is 5.18. The van der Waals surface area contributed by atoms with Crippen LogP contribution in [0.5, 0.6) is 0 Å². The topological polar surface area (TPSA) is 60.0 Å². The molecule has 2 rings (SSSR count). The smallest absolute Gasteiger partial charge is 0.180 e. The Morgan fingerprint density at radius 1 is 1.26 bits per heavy atom. The molecule has 1 heterocycles. The molecular formula is C13H18BrN3OS. The SMILES string of the molecule is Br.Cc1ccc(COCCC2=NN=C(N)SC2)cc1. The van der Waals surface area contributed by atoms with Crippen molar-refractivity contribution in [2.24, 2.45) is 15.9 Å². The average Bonchev–Trinajstić information content (AvgIpc) is 2.39. The van der Waals surface area contributed by atoms with E-state index in [0.717, 1.165) is 17.9 Å². The summed E-state index contributed by atoms with van der Waals surface area (Å²) < 4.78 is 5.62. The summed E-state index contributed by atoms with van der Waals surface area (Å²) in [6, 6.07) is 8.37. The quantitative estimate of drug-likeness (QED) is 0.836. The van der Waals surface area contributed by atoms with Crippen molar-refractivity contribution < 1.29 is 4.74 Å². The minimum atomic E-state index is 0. The van der Waals surface area contributed by atoms with Crippen LogP contribution in [0.4, 0.5) is 0 Å². The van der Waals surface area contributed by atoms with Crippen molar-refractivity contribution in [1.82, 2.24) is 0 Å². The Morgan fingerprint density at radius 3 is 2.63 bits per heavy atom. The normalized spacial score (nSPS) is 14.4. The number of nitrogens with two attached hydrogens (primary N) is 1. The fourth-order valence-corrected chi connectivity index (χ4v) is 2.14. The monoisotopic (exact) mass is 343 g/mol. The molecule has 0 saturated heterocycles. The van der Waals surface area contributed by atoms with Crippen LogP contribution in [0, 0.1) is 6.92 Å². The zero-order chi connectivity index (χ0) is 12.8. The van der Waals surface area contributed by atoms with Gasteiger partial charge in [-0.15, -0.1) is 22.1 Å². The molecule has 0 aromatic heterocycles. The van der Waals surface area contributed by atoms with Gasteiger partial charge in [-0.1, -0.05) is 41.6 Å². The highest BCUT2D eigenvalue weighted by atomic mass is 79.9. The lowest BCUT2D eigenvalue weighted by atomic mass is 10.2. The van der Waals surface area contributed by atoms with E-state index >= 15 is 0 Å². The number of halogens is 1. The van der Waals surface area contributed by atoms with Gasteiger partial charge in [-0.3, -0.25) is 0 Å². The van der Waals surface area contributed by atoms with E-state index in [4.69, 9.17) is 10.5 Å². The summed E-state index contributed by atoms with van der Waals surface area (Å²) in [5.41, 5.74) is 9.02. The number of rotatable bonds is 5. The van der Waals surface area contributed by atoms with Gasteiger partial charge in [-0.05, 0) is 12.5 Å². The zero-order valence-electron chi connectivity index (χ0n) is 10.8. The van der Waals surface area contributed by atoms with E-state index in [1.54, 1.807) is 0 Å². The number of benzene rings is 1. The zero-order valence-corrected chi connectivity index (χ0v) is 13.4. The van der Waals surface area contributed by atoms with Crippen LogP contribution in [-0.2, 0) is 11.3 Å². The molecule has 6 heteroatoms. The van der Waals surface area contributed by atoms with Gasteiger partial charge in [0.15, 0.2) is 5.17 Å². The van der Waals surface area contributed by atoms with Crippen LogP contribution in [0.1, 0.15) is 17.5 Å². The van der Waals surface area contributed by atoms with E-state index in [1.807, 2.05) is 0 Å². The first-order valence-corrected chi connectivity index (χ1v) is 6.87. The highest BCUT2D eigenvalue weighted by Crippen LogP contribution is 2.10. The molecule has 1 aromatic rings. The van der Waals surface area contributed by atoms with Crippen LogP contribution in [0.2, 0.25) is 0 Å². The third kappa shape index (κ3) is 5.76. The van der Waals surface area contributed by atoms with E-state index in [9.17, 15) is 0 Å². The Balaban J connectivity index is 0.00000180. The van der Waals surface area contributed by atoms with Crippen LogP contribution in [0.25, 0.3) is 0 Å². The summed E-state index contributed by atoms with van der Waals surface area (Å²) in [5, 5.41) is 8.43. The van der Waals surface area contributed by atoms with Crippen molar-refractivity contribution in [3.05, 3.63) is 35.4 Å². The lowest BCUT2D eigenvalue weighted by Crippen LogP contribution is -2.16. The van der Waals surface area contributed by atoms with Crippen LogP contribution < -0.4 is 5.73 Å². The molecule has 2 N–H and O–H groups in total. The van der Waals surface area contributed by atoms with Crippen LogP contribution in [0.15, 0.2) is 34.5 Å². The Labute approximate surface area is 128 Å². The number of aryl methyl sites for hydroxylation is 1. The van der Waals surface area contributed by atoms with Gasteiger partial charge in [0.1, 0.15) is 0 Å². The molecule has 104 valence electrons. The third-order valence-corrected chi connectivity index (χ3v) is 3.46. The molecule has 0 bridgehead atoms. The molecule has 0 aliphatic carbocycles. The van der Waals surface area contributed by atoms with Gasteiger partial charge in [0.05, 0.1) is 18.9 Å². The summed E-state index contributed by atoms with van der Waals surface area (Å²) in [4.78, 5) is 0. The van der Waals surface area contributed by atoms with Crippen LogP contribution in [0.3, 0.4) is 0 Å². The van der Waals surface area contributed by atoms with Crippen LogP contribution in [-0.4, -0.2) is 23.2 Å². The predicted octanol–water partition coefficient (Wildman–Crippen LogP) is 2.90. The molecule has 0 spiro atoms. The maximum atomic E-state index is 5.62. The predicted molar refractivity (Wildman–Crippen MR) is 87.3 cm³/mol. The van der Waals surface area contributed by atoms with Crippen molar-refractivity contribution in [1.29, 1.82) is 0 Å². The van der Waals surface area contributed by atoms with Gasteiger partial charge >= 0.3 is 0 Å². The molecule has 1 aliphatic rings. The largest absolute Gasteiger partial charge is 0.377 e. The molecule has 4 nitrogen and oxygen atoms in total. The van der Waals surface area contributed by atoms with E-state index in [1.165, 1.54) is 22.9 Å². The molecule has 1 aromatic carbocycles. The summed E-state index contributed by atoms with van der Waals surface area (Å²) in [6.45, 7) is 3.39. The van der Waals surface area contributed by atoms with Crippen molar-refractivity contribution in [2.75, 3.05) is 12.4 Å². The van der Waals surface area contributed by atoms with Gasteiger partial charge in [0, 0.05) is 12.2 Å². The van der Waals surface area contributed by atoms with Crippen molar-refractivity contribution in [3.8, 4) is 0 Å². The van der Waals surface area contributed by atoms with E-state index in [-0.39, 0.29) is 17.0 Å². The summed E-state index contributed by atoms with van der Waals surface area (Å²) in [6.07, 6.45) is 0.815. The number of amidine groups is 1. The van der Waals surface area contributed by atoms with Crippen molar-refractivity contribution in [3.63, 3.8) is 0 Å². The second kappa shape index (κ2) is 8.35. The highest BCUT2D eigenvalue weighted by Gasteiger charge is 2.07. The number of nitrogens with zero attached hydrogens (tertiary/aromatic N) is 2. The molecule has 19 heavy (non-hydrogen) atoms. The summed E-state index contributed by atoms with van der Waals surface area (Å²) in [7, 11) is 0. The molecule has 0 unspecified atom stereocenters. The summed E-state index contributed by atoms with van der Waals surface area (Å²) >= 11 is 1.52. The third-order valence-electron chi connectivity index (χ3n) is 2.60. The Bertz CT molecular complexity index is 459. The summed E-state index contributed by atoms with van der Waals surface area (Å²) in [5.74, 6) is 0.823. The van der Waals surface area contributed by atoms with Gasteiger partial charge in [0.25, 0.3) is 0 Å². The fraction of sp³-hybridized carbons (Fsp3) is 0.385. The molecule has 0 amide bonds. The maximum Gasteiger partial charge on any atom is 0.180 e. The van der Waals surface area contributed by atoms with Crippen molar-refractivity contribution in [2.45, 2.75) is 20.0 Å². The first-order valence-electron chi connectivity index (χ1n) is 5.89. The molecule has 0 fully saturated rings. The number of hydrogen-bond acceptors (Lipinski definition) is 5. The average molecular weight is 344 g/mol. The molecule has 0 atom stereocenters. The first-order chi connectivity index (χ1) is 8.74. The maximum absolute atomic E-state index is 5.62. The molecule has 1 aliphatic heterocycles. The van der Waals surface area contributed by atoms with E-state index in [0.29, 0.717) is 18.4 Å². The Morgan fingerprint density at radius 2 is 2.00 bits per heavy atom. The minimum absolute atomic E-state index is 0. The number of thioether (sulfide) groups is 1. The Hall–Kier alpha value is -0.850. The molecule has 0 saturated carbocycles. The van der Waals surface area contributed by atoms with Gasteiger partial charge in [-0.2, -0.15) is 5.10 Å². The van der Waals surface area contributed by atoms with Gasteiger partial charge in [-0.25, -0.2) is 0 Å². The van der Waals surface area contributed by atoms with Crippen molar-refractivity contribution >= 4 is 39.6 Å². The van der Waals surface area contributed by atoms with E-state index in [2.05, 4.69) is 41.4 Å². The van der Waals surface area contributed by atoms with Gasteiger partial charge in [0.2, 0.25) is 0 Å². The molecular weight excluding hydrogens is 326 g/mol. The molecule has 0 radical (unpaired) electrons. The standard InChI is InChI=1S/C13H17N3OS.BrH/c1-10-2-4-11(5-3-10)8-17-7-6-12-9-18-13(14)16-15-12;/h2-5H,6-9H2,1H3,(H2,14,16);1H. The highest BCUT2D eigenvalue weighted by molar-refractivity contribution is 8.93. The van der Waals surface area contributed by atoms with Crippen LogP contribution >= 0.6 is 28.7 Å². The minimum Gasteiger partial charge on any atom is -0.377 e. The second-order valence-electron chi connectivity index (χ2n) is 4.18. The Kier molecular flexibility index (Phi) is 7.12. The number of hydrogen-bond donors (Lipinski definition) is 1. The van der Waals surface area contributed by atoms with E-state index < -0.39 is 0 Å².